The quantitative estimate of drug-likeness (QED) is 0.771. The van der Waals surface area contributed by atoms with Gasteiger partial charge in [0.1, 0.15) is 0 Å². The first kappa shape index (κ1) is 20.6. The standard InChI is InChI=1S/C19H23BrN2O3S/c1-19(2,3)21-26(24,25)16-11-9-14(10-12-16)18(23)22(4)13-15-7-5-6-8-17(15)20/h5-12,21H,13H2,1-4H3. The van der Waals surface area contributed by atoms with Crippen LogP contribution in [0.3, 0.4) is 0 Å². The summed E-state index contributed by atoms with van der Waals surface area (Å²) in [7, 11) is -1.90. The smallest absolute Gasteiger partial charge is 0.253 e. The zero-order chi connectivity index (χ0) is 19.5. The molecule has 0 fully saturated rings. The van der Waals surface area contributed by atoms with E-state index in [1.54, 1.807) is 32.7 Å². The molecule has 0 atom stereocenters. The Labute approximate surface area is 163 Å². The largest absolute Gasteiger partial charge is 0.337 e. The summed E-state index contributed by atoms with van der Waals surface area (Å²) >= 11 is 3.47. The summed E-state index contributed by atoms with van der Waals surface area (Å²) in [4.78, 5) is 14.3. The Hall–Kier alpha value is -1.70. The fourth-order valence-electron chi connectivity index (χ4n) is 2.41. The minimum atomic E-state index is -3.62. The minimum absolute atomic E-state index is 0.137. The van der Waals surface area contributed by atoms with Crippen molar-refractivity contribution in [2.45, 2.75) is 37.8 Å². The van der Waals surface area contributed by atoms with E-state index in [2.05, 4.69) is 20.7 Å². The molecule has 1 N–H and O–H groups in total. The molecule has 0 aliphatic carbocycles. The van der Waals surface area contributed by atoms with Crippen LogP contribution in [-0.4, -0.2) is 31.8 Å². The van der Waals surface area contributed by atoms with E-state index >= 15 is 0 Å². The van der Waals surface area contributed by atoms with Gasteiger partial charge in [-0.05, 0) is 56.7 Å². The third-order valence-corrected chi connectivity index (χ3v) is 6.11. The third kappa shape index (κ3) is 5.40. The Morgan fingerprint density at radius 1 is 1.08 bits per heavy atom. The van der Waals surface area contributed by atoms with Gasteiger partial charge in [-0.25, -0.2) is 13.1 Å². The van der Waals surface area contributed by atoms with E-state index in [4.69, 9.17) is 0 Å². The van der Waals surface area contributed by atoms with Crippen molar-refractivity contribution in [3.05, 3.63) is 64.1 Å². The van der Waals surface area contributed by atoms with E-state index in [1.165, 1.54) is 24.3 Å². The van der Waals surface area contributed by atoms with Crippen molar-refractivity contribution >= 4 is 31.9 Å². The van der Waals surface area contributed by atoms with Crippen LogP contribution < -0.4 is 4.72 Å². The Morgan fingerprint density at radius 3 is 2.19 bits per heavy atom. The normalized spacial score (nSPS) is 12.0. The maximum atomic E-state index is 12.6. The average Bonchev–Trinajstić information content (AvgIpc) is 2.54. The Morgan fingerprint density at radius 2 is 1.65 bits per heavy atom. The molecule has 7 heteroatoms. The summed E-state index contributed by atoms with van der Waals surface area (Å²) in [6.07, 6.45) is 0. The molecule has 0 spiro atoms. The molecule has 0 saturated carbocycles. The Kier molecular flexibility index (Phi) is 6.26. The molecule has 2 aromatic carbocycles. The number of benzene rings is 2. The molecular weight excluding hydrogens is 416 g/mol. The number of rotatable bonds is 5. The van der Waals surface area contributed by atoms with Crippen molar-refractivity contribution in [1.29, 1.82) is 0 Å². The lowest BCUT2D eigenvalue weighted by Gasteiger charge is -2.21. The molecular formula is C19H23BrN2O3S. The maximum absolute atomic E-state index is 12.6. The van der Waals surface area contributed by atoms with Crippen LogP contribution in [0.2, 0.25) is 0 Å². The molecule has 1 amide bonds. The minimum Gasteiger partial charge on any atom is -0.337 e. The number of sulfonamides is 1. The van der Waals surface area contributed by atoms with Crippen LogP contribution in [-0.2, 0) is 16.6 Å². The van der Waals surface area contributed by atoms with Crippen molar-refractivity contribution in [2.75, 3.05) is 7.05 Å². The lowest BCUT2D eigenvalue weighted by atomic mass is 10.1. The summed E-state index contributed by atoms with van der Waals surface area (Å²) in [6.45, 7) is 5.78. The van der Waals surface area contributed by atoms with Gasteiger partial charge in [0.15, 0.2) is 0 Å². The van der Waals surface area contributed by atoms with Crippen molar-refractivity contribution in [3.8, 4) is 0 Å². The van der Waals surface area contributed by atoms with Crippen LogP contribution in [0.15, 0.2) is 57.9 Å². The molecule has 2 aromatic rings. The molecule has 0 aliphatic rings. The topological polar surface area (TPSA) is 66.5 Å². The zero-order valence-corrected chi connectivity index (χ0v) is 17.7. The molecule has 0 radical (unpaired) electrons. The predicted octanol–water partition coefficient (Wildman–Crippen LogP) is 3.80. The molecule has 140 valence electrons. The molecule has 26 heavy (non-hydrogen) atoms. The van der Waals surface area contributed by atoms with Gasteiger partial charge in [0.2, 0.25) is 10.0 Å². The maximum Gasteiger partial charge on any atom is 0.253 e. The summed E-state index contributed by atoms with van der Waals surface area (Å²) in [5.74, 6) is -0.173. The van der Waals surface area contributed by atoms with Crippen molar-refractivity contribution in [3.63, 3.8) is 0 Å². The van der Waals surface area contributed by atoms with Gasteiger partial charge in [0.05, 0.1) is 4.90 Å². The Bertz CT molecular complexity index is 888. The molecule has 5 nitrogen and oxygen atoms in total. The third-order valence-electron chi connectivity index (χ3n) is 3.56. The molecule has 0 saturated heterocycles. The fourth-order valence-corrected chi connectivity index (χ4v) is 4.24. The van der Waals surface area contributed by atoms with Gasteiger partial charge in [-0.2, -0.15) is 0 Å². The number of hydrogen-bond donors (Lipinski definition) is 1. The van der Waals surface area contributed by atoms with Gasteiger partial charge in [0.25, 0.3) is 5.91 Å². The number of nitrogens with one attached hydrogen (secondary N) is 1. The number of hydrogen-bond acceptors (Lipinski definition) is 3. The highest BCUT2D eigenvalue weighted by molar-refractivity contribution is 9.10. The van der Waals surface area contributed by atoms with E-state index in [0.717, 1.165) is 10.0 Å². The van der Waals surface area contributed by atoms with Crippen molar-refractivity contribution in [2.24, 2.45) is 0 Å². The molecule has 0 aromatic heterocycles. The highest BCUT2D eigenvalue weighted by Gasteiger charge is 2.22. The van der Waals surface area contributed by atoms with Crippen LogP contribution in [0.4, 0.5) is 0 Å². The highest BCUT2D eigenvalue weighted by Crippen LogP contribution is 2.19. The van der Waals surface area contributed by atoms with Crippen molar-refractivity contribution in [1.82, 2.24) is 9.62 Å². The van der Waals surface area contributed by atoms with Gasteiger partial charge >= 0.3 is 0 Å². The highest BCUT2D eigenvalue weighted by atomic mass is 79.9. The summed E-state index contributed by atoms with van der Waals surface area (Å²) in [5.41, 5.74) is 0.863. The van der Waals surface area contributed by atoms with Crippen LogP contribution in [0.1, 0.15) is 36.7 Å². The van der Waals surface area contributed by atoms with E-state index < -0.39 is 15.6 Å². The van der Waals surface area contributed by atoms with Gasteiger partial charge in [-0.1, -0.05) is 34.1 Å². The summed E-state index contributed by atoms with van der Waals surface area (Å²) < 4.78 is 28.2. The van der Waals surface area contributed by atoms with Gasteiger partial charge < -0.3 is 4.90 Å². The number of carbonyl (C=O) groups excluding carboxylic acids is 1. The lowest BCUT2D eigenvalue weighted by Crippen LogP contribution is -2.40. The van der Waals surface area contributed by atoms with E-state index in [9.17, 15) is 13.2 Å². The molecule has 2 rings (SSSR count). The Balaban J connectivity index is 2.15. The van der Waals surface area contributed by atoms with E-state index in [1.807, 2.05) is 24.3 Å². The van der Waals surface area contributed by atoms with Gasteiger partial charge in [0, 0.05) is 29.2 Å². The fraction of sp³-hybridized carbons (Fsp3) is 0.316. The van der Waals surface area contributed by atoms with Gasteiger partial charge in [-0.15, -0.1) is 0 Å². The molecule has 0 unspecified atom stereocenters. The number of nitrogens with zero attached hydrogens (tertiary/aromatic N) is 1. The second kappa shape index (κ2) is 7.90. The molecule has 0 heterocycles. The van der Waals surface area contributed by atoms with Crippen LogP contribution in [0, 0.1) is 0 Å². The number of halogens is 1. The van der Waals surface area contributed by atoms with Gasteiger partial charge in [-0.3, -0.25) is 4.79 Å². The van der Waals surface area contributed by atoms with Crippen LogP contribution in [0.5, 0.6) is 0 Å². The van der Waals surface area contributed by atoms with Crippen LogP contribution >= 0.6 is 15.9 Å². The first-order valence-electron chi connectivity index (χ1n) is 8.12. The SMILES string of the molecule is CN(Cc1ccccc1Br)C(=O)c1ccc(S(=O)(=O)NC(C)(C)C)cc1. The first-order chi connectivity index (χ1) is 12.0. The van der Waals surface area contributed by atoms with E-state index in [0.29, 0.717) is 12.1 Å². The lowest BCUT2D eigenvalue weighted by molar-refractivity contribution is 0.0784. The second-order valence-electron chi connectivity index (χ2n) is 7.13. The number of amides is 1. The van der Waals surface area contributed by atoms with E-state index in [-0.39, 0.29) is 10.8 Å². The summed E-state index contributed by atoms with van der Waals surface area (Å²) in [5, 5.41) is 0. The average molecular weight is 439 g/mol. The number of carbonyl (C=O) groups is 1. The van der Waals surface area contributed by atoms with Crippen LogP contribution in [0.25, 0.3) is 0 Å². The monoisotopic (exact) mass is 438 g/mol. The molecule has 0 bridgehead atoms. The molecule has 0 aliphatic heterocycles. The predicted molar refractivity (Wildman–Crippen MR) is 106 cm³/mol. The first-order valence-corrected chi connectivity index (χ1v) is 10.4. The second-order valence-corrected chi connectivity index (χ2v) is 9.67. The van der Waals surface area contributed by atoms with Crippen molar-refractivity contribution < 1.29 is 13.2 Å². The summed E-state index contributed by atoms with van der Waals surface area (Å²) in [6, 6.07) is 13.7. The zero-order valence-electron chi connectivity index (χ0n) is 15.3.